The molecule has 0 aliphatic carbocycles. The number of amides is 1. The van der Waals surface area contributed by atoms with Crippen LogP contribution in [0.1, 0.15) is 23.8 Å². The van der Waals surface area contributed by atoms with Crippen molar-refractivity contribution in [1.29, 1.82) is 0 Å². The Balaban J connectivity index is 2.67. The van der Waals surface area contributed by atoms with Gasteiger partial charge in [0.05, 0.1) is 0 Å². The molecule has 1 atom stereocenters. The van der Waals surface area contributed by atoms with Crippen molar-refractivity contribution in [2.24, 2.45) is 0 Å². The molecule has 0 aliphatic heterocycles. The molecule has 3 nitrogen and oxygen atoms in total. The second kappa shape index (κ2) is 4.32. The first-order chi connectivity index (χ1) is 6.15. The monoisotopic (exact) mass is 202 g/mol. The minimum absolute atomic E-state index is 0.225. The molecule has 1 N–H and O–H groups in total. The summed E-state index contributed by atoms with van der Waals surface area (Å²) in [4.78, 5) is 14.9. The van der Waals surface area contributed by atoms with E-state index in [4.69, 9.17) is 0 Å². The Morgan fingerprint density at radius 2 is 2.54 bits per heavy atom. The highest BCUT2D eigenvalue weighted by atomic mass is 32.1. The standard InChI is InChI=1S/C8H11FN2OS/c1-3-10-7(12)6(9)8-11-5(2)4-13-8/h4,6H,3H2,1-2H3,(H,10,12). The largest absolute Gasteiger partial charge is 0.353 e. The number of likely N-dealkylation sites (N-methyl/N-ethyl adjacent to an activating group) is 1. The Morgan fingerprint density at radius 1 is 1.85 bits per heavy atom. The number of rotatable bonds is 3. The quantitative estimate of drug-likeness (QED) is 0.808. The normalized spacial score (nSPS) is 12.5. The van der Waals surface area contributed by atoms with E-state index in [-0.39, 0.29) is 5.01 Å². The lowest BCUT2D eigenvalue weighted by molar-refractivity contribution is -0.126. The molecule has 1 aromatic heterocycles. The molecular formula is C8H11FN2OS. The zero-order valence-electron chi connectivity index (χ0n) is 7.50. The molecule has 0 saturated heterocycles. The fraction of sp³-hybridized carbons (Fsp3) is 0.500. The Kier molecular flexibility index (Phi) is 3.36. The molecule has 1 amide bonds. The van der Waals surface area contributed by atoms with Crippen LogP contribution in [-0.2, 0) is 4.79 Å². The highest BCUT2D eigenvalue weighted by molar-refractivity contribution is 7.09. The van der Waals surface area contributed by atoms with Crippen molar-refractivity contribution in [2.45, 2.75) is 20.0 Å². The van der Waals surface area contributed by atoms with Gasteiger partial charge in [0.25, 0.3) is 5.91 Å². The van der Waals surface area contributed by atoms with Gasteiger partial charge in [0.2, 0.25) is 6.17 Å². The molecule has 0 aromatic carbocycles. The summed E-state index contributed by atoms with van der Waals surface area (Å²) in [5.41, 5.74) is 0.743. The van der Waals surface area contributed by atoms with Crippen LogP contribution in [0.15, 0.2) is 5.38 Å². The topological polar surface area (TPSA) is 42.0 Å². The molecule has 0 bridgehead atoms. The zero-order chi connectivity index (χ0) is 9.84. The van der Waals surface area contributed by atoms with Crippen molar-refractivity contribution in [3.05, 3.63) is 16.1 Å². The van der Waals surface area contributed by atoms with Gasteiger partial charge in [-0.3, -0.25) is 4.79 Å². The predicted octanol–water partition coefficient (Wildman–Crippen LogP) is 1.60. The van der Waals surface area contributed by atoms with E-state index in [0.717, 1.165) is 17.0 Å². The Labute approximate surface area is 80.0 Å². The summed E-state index contributed by atoms with van der Waals surface area (Å²) in [5, 5.41) is 4.35. The molecule has 13 heavy (non-hydrogen) atoms. The van der Waals surface area contributed by atoms with Gasteiger partial charge in [0.1, 0.15) is 5.01 Å². The number of hydrogen-bond donors (Lipinski definition) is 1. The third-order valence-electron chi connectivity index (χ3n) is 1.43. The summed E-state index contributed by atoms with van der Waals surface area (Å²) in [6.45, 7) is 3.95. The average Bonchev–Trinajstić information content (AvgIpc) is 2.51. The third-order valence-corrected chi connectivity index (χ3v) is 2.43. The minimum atomic E-state index is -1.63. The Hall–Kier alpha value is -0.970. The summed E-state index contributed by atoms with van der Waals surface area (Å²) < 4.78 is 13.3. The number of nitrogens with one attached hydrogen (secondary N) is 1. The van der Waals surface area contributed by atoms with E-state index in [9.17, 15) is 9.18 Å². The Morgan fingerprint density at radius 3 is 3.00 bits per heavy atom. The lowest BCUT2D eigenvalue weighted by atomic mass is 10.3. The molecule has 1 aromatic rings. The Bertz CT molecular complexity index is 300. The molecule has 1 rings (SSSR count). The van der Waals surface area contributed by atoms with Gasteiger partial charge < -0.3 is 5.32 Å². The van der Waals surface area contributed by atoms with Gasteiger partial charge in [0.15, 0.2) is 0 Å². The van der Waals surface area contributed by atoms with Crippen molar-refractivity contribution in [3.63, 3.8) is 0 Å². The van der Waals surface area contributed by atoms with Crippen LogP contribution in [0, 0.1) is 6.92 Å². The molecule has 1 heterocycles. The number of carbonyl (C=O) groups excluding carboxylic acids is 1. The van der Waals surface area contributed by atoms with Crippen LogP contribution in [0.25, 0.3) is 0 Å². The van der Waals surface area contributed by atoms with E-state index in [2.05, 4.69) is 10.3 Å². The van der Waals surface area contributed by atoms with Crippen molar-refractivity contribution < 1.29 is 9.18 Å². The highest BCUT2D eigenvalue weighted by Gasteiger charge is 2.21. The van der Waals surface area contributed by atoms with Gasteiger partial charge in [-0.25, -0.2) is 9.37 Å². The molecule has 5 heteroatoms. The molecule has 0 aliphatic rings. The molecule has 0 saturated carbocycles. The number of carbonyl (C=O) groups is 1. The van der Waals surface area contributed by atoms with Gasteiger partial charge >= 0.3 is 0 Å². The first-order valence-electron chi connectivity index (χ1n) is 3.99. The van der Waals surface area contributed by atoms with Gasteiger partial charge in [-0.05, 0) is 13.8 Å². The summed E-state index contributed by atoms with van der Waals surface area (Å²) in [6, 6.07) is 0. The molecular weight excluding hydrogens is 191 g/mol. The average molecular weight is 202 g/mol. The fourth-order valence-electron chi connectivity index (χ4n) is 0.865. The number of thiazole rings is 1. The smallest absolute Gasteiger partial charge is 0.261 e. The summed E-state index contributed by atoms with van der Waals surface area (Å²) in [6.07, 6.45) is -1.63. The van der Waals surface area contributed by atoms with Crippen molar-refractivity contribution in [3.8, 4) is 0 Å². The first-order valence-corrected chi connectivity index (χ1v) is 4.87. The number of aromatic nitrogens is 1. The summed E-state index contributed by atoms with van der Waals surface area (Å²) >= 11 is 1.16. The summed E-state index contributed by atoms with van der Waals surface area (Å²) in [7, 11) is 0. The lowest BCUT2D eigenvalue weighted by Crippen LogP contribution is -2.26. The van der Waals surface area contributed by atoms with E-state index >= 15 is 0 Å². The van der Waals surface area contributed by atoms with Crippen molar-refractivity contribution >= 4 is 17.2 Å². The zero-order valence-corrected chi connectivity index (χ0v) is 8.32. The summed E-state index contributed by atoms with van der Waals surface area (Å²) in [5.74, 6) is -0.614. The van der Waals surface area contributed by atoms with Crippen molar-refractivity contribution in [2.75, 3.05) is 6.54 Å². The van der Waals surface area contributed by atoms with Crippen LogP contribution >= 0.6 is 11.3 Å². The van der Waals surface area contributed by atoms with E-state index in [1.54, 1.807) is 19.2 Å². The van der Waals surface area contributed by atoms with Gasteiger partial charge in [-0.2, -0.15) is 0 Å². The number of halogens is 1. The minimum Gasteiger partial charge on any atom is -0.353 e. The number of aryl methyl sites for hydroxylation is 1. The van der Waals surface area contributed by atoms with Crippen molar-refractivity contribution in [1.82, 2.24) is 10.3 Å². The second-order valence-corrected chi connectivity index (χ2v) is 3.47. The number of alkyl halides is 1. The maximum atomic E-state index is 13.3. The lowest BCUT2D eigenvalue weighted by Gasteiger charge is -2.03. The van der Waals surface area contributed by atoms with Crippen LogP contribution < -0.4 is 5.32 Å². The van der Waals surface area contributed by atoms with Gasteiger partial charge in [-0.1, -0.05) is 0 Å². The molecule has 1 unspecified atom stereocenters. The van der Waals surface area contributed by atoms with Gasteiger partial charge in [-0.15, -0.1) is 11.3 Å². The van der Waals surface area contributed by atoms with Crippen LogP contribution in [0.4, 0.5) is 4.39 Å². The van der Waals surface area contributed by atoms with E-state index in [1.807, 2.05) is 0 Å². The van der Waals surface area contributed by atoms with Crippen LogP contribution in [0.3, 0.4) is 0 Å². The predicted molar refractivity (Wildman–Crippen MR) is 49.4 cm³/mol. The molecule has 0 radical (unpaired) electrons. The van der Waals surface area contributed by atoms with E-state index < -0.39 is 12.1 Å². The fourth-order valence-corrected chi connectivity index (χ4v) is 1.63. The molecule has 0 spiro atoms. The van der Waals surface area contributed by atoms with Gasteiger partial charge in [0, 0.05) is 17.6 Å². The number of nitrogens with zero attached hydrogens (tertiary/aromatic N) is 1. The maximum Gasteiger partial charge on any atom is 0.261 e. The molecule has 72 valence electrons. The maximum absolute atomic E-state index is 13.3. The molecule has 0 fully saturated rings. The first kappa shape index (κ1) is 10.1. The van der Waals surface area contributed by atoms with Crippen LogP contribution in [0.2, 0.25) is 0 Å². The third kappa shape index (κ3) is 2.48. The van der Waals surface area contributed by atoms with E-state index in [1.165, 1.54) is 0 Å². The van der Waals surface area contributed by atoms with Crippen LogP contribution in [0.5, 0.6) is 0 Å². The SMILES string of the molecule is CCNC(=O)C(F)c1nc(C)cs1. The second-order valence-electron chi connectivity index (χ2n) is 2.58. The number of hydrogen-bond acceptors (Lipinski definition) is 3. The van der Waals surface area contributed by atoms with E-state index in [0.29, 0.717) is 6.54 Å². The highest BCUT2D eigenvalue weighted by Crippen LogP contribution is 2.21. The van der Waals surface area contributed by atoms with Crippen LogP contribution in [-0.4, -0.2) is 17.4 Å².